The Balaban J connectivity index is 2.22. The Morgan fingerprint density at radius 3 is 2.75 bits per heavy atom. The molecular weight excluding hydrogens is 272 g/mol. The smallest absolute Gasteiger partial charge is 0.252 e. The van der Waals surface area contributed by atoms with Crippen molar-refractivity contribution >= 4 is 17.5 Å². The van der Waals surface area contributed by atoms with Crippen molar-refractivity contribution in [3.05, 3.63) is 53.3 Å². The predicted molar refractivity (Wildman–Crippen MR) is 81.9 cm³/mol. The first-order chi connectivity index (χ1) is 9.56. The lowest BCUT2D eigenvalue weighted by atomic mass is 10.1. The molecule has 0 saturated heterocycles. The van der Waals surface area contributed by atoms with Crippen molar-refractivity contribution < 1.29 is 4.79 Å². The Morgan fingerprint density at radius 2 is 2.05 bits per heavy atom. The first-order valence-electron chi connectivity index (χ1n) is 6.55. The predicted octanol–water partition coefficient (Wildman–Crippen LogP) is 3.79. The van der Waals surface area contributed by atoms with Crippen LogP contribution in [-0.4, -0.2) is 17.4 Å². The third kappa shape index (κ3) is 3.81. The maximum absolute atomic E-state index is 12.0. The highest BCUT2D eigenvalue weighted by Gasteiger charge is 2.08. The number of nitrogens with zero attached hydrogens (tertiary/aromatic N) is 1. The fourth-order valence-corrected chi connectivity index (χ4v) is 1.98. The van der Waals surface area contributed by atoms with E-state index in [1.165, 1.54) is 0 Å². The summed E-state index contributed by atoms with van der Waals surface area (Å²) in [7, 11) is 0. The van der Waals surface area contributed by atoms with E-state index >= 15 is 0 Å². The standard InChI is InChI=1S/C16H17ClN2O/c1-11(2)8-19-16(20)14-6-13(9-18-10-14)12-4-3-5-15(17)7-12/h3-7,9-11H,8H2,1-2H3,(H,19,20). The summed E-state index contributed by atoms with van der Waals surface area (Å²) < 4.78 is 0. The number of aromatic nitrogens is 1. The molecule has 20 heavy (non-hydrogen) atoms. The average Bonchev–Trinajstić information content (AvgIpc) is 2.45. The van der Waals surface area contributed by atoms with Crippen molar-refractivity contribution in [2.45, 2.75) is 13.8 Å². The van der Waals surface area contributed by atoms with E-state index in [-0.39, 0.29) is 5.91 Å². The zero-order chi connectivity index (χ0) is 14.5. The summed E-state index contributed by atoms with van der Waals surface area (Å²) >= 11 is 5.98. The van der Waals surface area contributed by atoms with Crippen LogP contribution in [0.15, 0.2) is 42.7 Å². The first-order valence-corrected chi connectivity index (χ1v) is 6.93. The van der Waals surface area contributed by atoms with E-state index in [0.29, 0.717) is 23.0 Å². The van der Waals surface area contributed by atoms with Crippen molar-refractivity contribution in [2.24, 2.45) is 5.92 Å². The van der Waals surface area contributed by atoms with Crippen LogP contribution in [0.5, 0.6) is 0 Å². The molecule has 1 amide bonds. The van der Waals surface area contributed by atoms with Gasteiger partial charge in [-0.3, -0.25) is 9.78 Å². The molecule has 0 bridgehead atoms. The topological polar surface area (TPSA) is 42.0 Å². The second-order valence-corrected chi connectivity index (χ2v) is 5.51. The minimum absolute atomic E-state index is 0.102. The van der Waals surface area contributed by atoms with Gasteiger partial charge in [0.2, 0.25) is 0 Å². The molecule has 0 aliphatic carbocycles. The lowest BCUT2D eigenvalue weighted by Crippen LogP contribution is -2.27. The minimum Gasteiger partial charge on any atom is -0.352 e. The van der Waals surface area contributed by atoms with E-state index < -0.39 is 0 Å². The van der Waals surface area contributed by atoms with Gasteiger partial charge in [-0.05, 0) is 29.7 Å². The van der Waals surface area contributed by atoms with Crippen LogP contribution >= 0.6 is 11.6 Å². The molecule has 0 spiro atoms. The molecule has 1 aromatic heterocycles. The van der Waals surface area contributed by atoms with Gasteiger partial charge < -0.3 is 5.32 Å². The Kier molecular flexibility index (Phi) is 4.74. The van der Waals surface area contributed by atoms with Crippen LogP contribution in [0.25, 0.3) is 11.1 Å². The van der Waals surface area contributed by atoms with Gasteiger partial charge in [0.1, 0.15) is 0 Å². The molecule has 1 heterocycles. The number of rotatable bonds is 4. The molecule has 104 valence electrons. The van der Waals surface area contributed by atoms with Gasteiger partial charge in [0.15, 0.2) is 0 Å². The van der Waals surface area contributed by atoms with E-state index in [4.69, 9.17) is 11.6 Å². The van der Waals surface area contributed by atoms with Crippen molar-refractivity contribution in [3.8, 4) is 11.1 Å². The molecule has 1 N–H and O–H groups in total. The third-order valence-electron chi connectivity index (χ3n) is 2.83. The van der Waals surface area contributed by atoms with Crippen molar-refractivity contribution in [1.29, 1.82) is 0 Å². The number of hydrogen-bond acceptors (Lipinski definition) is 2. The summed E-state index contributed by atoms with van der Waals surface area (Å²) in [5.74, 6) is 0.318. The summed E-state index contributed by atoms with van der Waals surface area (Å²) in [5.41, 5.74) is 2.39. The number of amides is 1. The first kappa shape index (κ1) is 14.5. The molecular formula is C16H17ClN2O. The maximum atomic E-state index is 12.0. The number of halogens is 1. The molecule has 2 rings (SSSR count). The van der Waals surface area contributed by atoms with Crippen LogP contribution in [-0.2, 0) is 0 Å². The fraction of sp³-hybridized carbons (Fsp3) is 0.250. The molecule has 0 fully saturated rings. The van der Waals surface area contributed by atoms with Gasteiger partial charge >= 0.3 is 0 Å². The Morgan fingerprint density at radius 1 is 1.25 bits per heavy atom. The van der Waals surface area contributed by atoms with Crippen molar-refractivity contribution in [1.82, 2.24) is 10.3 Å². The molecule has 4 heteroatoms. The van der Waals surface area contributed by atoms with Crippen LogP contribution in [0.4, 0.5) is 0 Å². The number of hydrogen-bond donors (Lipinski definition) is 1. The molecule has 1 aromatic carbocycles. The second kappa shape index (κ2) is 6.53. The van der Waals surface area contributed by atoms with E-state index in [1.807, 2.05) is 30.3 Å². The monoisotopic (exact) mass is 288 g/mol. The molecule has 2 aromatic rings. The number of carbonyl (C=O) groups is 1. The van der Waals surface area contributed by atoms with E-state index in [2.05, 4.69) is 24.1 Å². The Hall–Kier alpha value is -1.87. The number of pyridine rings is 1. The van der Waals surface area contributed by atoms with Crippen LogP contribution < -0.4 is 5.32 Å². The zero-order valence-corrected chi connectivity index (χ0v) is 12.3. The number of carbonyl (C=O) groups excluding carboxylic acids is 1. The van der Waals surface area contributed by atoms with Crippen molar-refractivity contribution in [3.63, 3.8) is 0 Å². The lowest BCUT2D eigenvalue weighted by Gasteiger charge is -2.08. The highest BCUT2D eigenvalue weighted by molar-refractivity contribution is 6.30. The van der Waals surface area contributed by atoms with Gasteiger partial charge in [0.25, 0.3) is 5.91 Å². The van der Waals surface area contributed by atoms with Crippen LogP contribution in [0.3, 0.4) is 0 Å². The van der Waals surface area contributed by atoms with Gasteiger partial charge in [-0.25, -0.2) is 0 Å². The molecule has 0 aliphatic heterocycles. The Bertz CT molecular complexity index is 611. The van der Waals surface area contributed by atoms with Crippen LogP contribution in [0, 0.1) is 5.92 Å². The van der Waals surface area contributed by atoms with Crippen LogP contribution in [0.1, 0.15) is 24.2 Å². The highest BCUT2D eigenvalue weighted by Crippen LogP contribution is 2.22. The summed E-state index contributed by atoms with van der Waals surface area (Å²) in [5, 5.41) is 3.55. The SMILES string of the molecule is CC(C)CNC(=O)c1cncc(-c2cccc(Cl)c2)c1. The van der Waals surface area contributed by atoms with E-state index in [1.54, 1.807) is 12.4 Å². The highest BCUT2D eigenvalue weighted by atomic mass is 35.5. The number of benzene rings is 1. The maximum Gasteiger partial charge on any atom is 0.252 e. The normalized spacial score (nSPS) is 10.6. The van der Waals surface area contributed by atoms with Gasteiger partial charge in [-0.2, -0.15) is 0 Å². The van der Waals surface area contributed by atoms with Crippen LogP contribution in [0.2, 0.25) is 5.02 Å². The van der Waals surface area contributed by atoms with E-state index in [9.17, 15) is 4.79 Å². The Labute approximate surface area is 124 Å². The summed E-state index contributed by atoms with van der Waals surface area (Å²) in [4.78, 5) is 16.2. The lowest BCUT2D eigenvalue weighted by molar-refractivity contribution is 0.0948. The summed E-state index contributed by atoms with van der Waals surface area (Å²) in [6.45, 7) is 4.77. The van der Waals surface area contributed by atoms with Gasteiger partial charge in [0.05, 0.1) is 5.56 Å². The average molecular weight is 289 g/mol. The van der Waals surface area contributed by atoms with Gasteiger partial charge in [-0.1, -0.05) is 37.6 Å². The summed E-state index contributed by atoms with van der Waals surface area (Å²) in [6, 6.07) is 9.32. The fourth-order valence-electron chi connectivity index (χ4n) is 1.79. The van der Waals surface area contributed by atoms with Gasteiger partial charge in [0, 0.05) is 29.5 Å². The van der Waals surface area contributed by atoms with E-state index in [0.717, 1.165) is 11.1 Å². The third-order valence-corrected chi connectivity index (χ3v) is 3.06. The quantitative estimate of drug-likeness (QED) is 0.930. The second-order valence-electron chi connectivity index (χ2n) is 5.08. The molecule has 3 nitrogen and oxygen atoms in total. The van der Waals surface area contributed by atoms with Crippen molar-refractivity contribution in [2.75, 3.05) is 6.54 Å². The molecule has 0 unspecified atom stereocenters. The summed E-state index contributed by atoms with van der Waals surface area (Å²) in [6.07, 6.45) is 3.30. The molecule has 0 radical (unpaired) electrons. The molecule has 0 aliphatic rings. The number of nitrogens with one attached hydrogen (secondary N) is 1. The minimum atomic E-state index is -0.102. The van der Waals surface area contributed by atoms with Gasteiger partial charge in [-0.15, -0.1) is 0 Å². The zero-order valence-electron chi connectivity index (χ0n) is 11.6. The largest absolute Gasteiger partial charge is 0.352 e. The molecule has 0 atom stereocenters. The molecule has 0 saturated carbocycles.